The van der Waals surface area contributed by atoms with Gasteiger partial charge in [0.2, 0.25) is 0 Å². The first-order valence-electron chi connectivity index (χ1n) is 5.00. The molecule has 4 heteroatoms. The number of aryl methyl sites for hydroxylation is 2. The van der Waals surface area contributed by atoms with Gasteiger partial charge in [0.25, 0.3) is 0 Å². The van der Waals surface area contributed by atoms with E-state index in [1.54, 1.807) is 0 Å². The van der Waals surface area contributed by atoms with Gasteiger partial charge in [-0.1, -0.05) is 6.92 Å². The van der Waals surface area contributed by atoms with Gasteiger partial charge in [0.15, 0.2) is 5.75 Å². The quantitative estimate of drug-likeness (QED) is 0.716. The molecule has 0 atom stereocenters. The monoisotopic (exact) mass is 197 g/mol. The van der Waals surface area contributed by atoms with Crippen LogP contribution in [0.2, 0.25) is 0 Å². The van der Waals surface area contributed by atoms with Crippen molar-refractivity contribution in [3.8, 4) is 5.75 Å². The van der Waals surface area contributed by atoms with E-state index in [2.05, 4.69) is 17.3 Å². The molecule has 0 aliphatic carbocycles. The summed E-state index contributed by atoms with van der Waals surface area (Å²) in [5.74, 6) is 0.922. The Bertz CT molecular complexity index is 294. The Morgan fingerprint density at radius 1 is 1.43 bits per heavy atom. The lowest BCUT2D eigenvalue weighted by Crippen LogP contribution is -2.20. The van der Waals surface area contributed by atoms with Crippen molar-refractivity contribution >= 4 is 0 Å². The zero-order valence-electron chi connectivity index (χ0n) is 9.42. The van der Waals surface area contributed by atoms with Gasteiger partial charge in [-0.25, -0.2) is 0 Å². The number of likely N-dealkylation sites (N-methyl/N-ethyl adjacent to an activating group) is 1. The largest absolute Gasteiger partial charge is 0.488 e. The lowest BCUT2D eigenvalue weighted by molar-refractivity contribution is 0.311. The zero-order valence-corrected chi connectivity index (χ0v) is 9.42. The minimum absolute atomic E-state index is 0.696. The lowest BCUT2D eigenvalue weighted by atomic mass is 10.3. The van der Waals surface area contributed by atoms with Crippen molar-refractivity contribution in [3.05, 3.63) is 11.4 Å². The fraction of sp³-hybridized carbons (Fsp3) is 0.700. The summed E-state index contributed by atoms with van der Waals surface area (Å²) < 4.78 is 7.49. The Balaban J connectivity index is 2.49. The molecule has 1 N–H and O–H groups in total. The van der Waals surface area contributed by atoms with Crippen LogP contribution < -0.4 is 10.1 Å². The third-order valence-electron chi connectivity index (χ3n) is 2.22. The summed E-state index contributed by atoms with van der Waals surface area (Å²) in [7, 11) is 1.93. The lowest BCUT2D eigenvalue weighted by Gasteiger charge is -2.06. The SMILES string of the molecule is CCNCCOc1c(C)nn(C)c1C. The number of hydrogen-bond acceptors (Lipinski definition) is 3. The van der Waals surface area contributed by atoms with Crippen molar-refractivity contribution in [1.29, 1.82) is 0 Å². The predicted octanol–water partition coefficient (Wildman–Crippen LogP) is 1.03. The summed E-state index contributed by atoms with van der Waals surface area (Å²) >= 11 is 0. The highest BCUT2D eigenvalue weighted by atomic mass is 16.5. The van der Waals surface area contributed by atoms with E-state index < -0.39 is 0 Å². The van der Waals surface area contributed by atoms with E-state index in [1.165, 1.54) is 0 Å². The predicted molar refractivity (Wildman–Crippen MR) is 56.7 cm³/mol. The van der Waals surface area contributed by atoms with Crippen LogP contribution in [0.1, 0.15) is 18.3 Å². The number of ether oxygens (including phenoxy) is 1. The van der Waals surface area contributed by atoms with E-state index in [1.807, 2.05) is 25.6 Å². The molecule has 0 aliphatic rings. The number of hydrogen-bond donors (Lipinski definition) is 1. The van der Waals surface area contributed by atoms with Crippen molar-refractivity contribution < 1.29 is 4.74 Å². The molecule has 0 amide bonds. The number of rotatable bonds is 5. The molecule has 0 unspecified atom stereocenters. The molecule has 0 saturated carbocycles. The Labute approximate surface area is 85.3 Å². The van der Waals surface area contributed by atoms with Gasteiger partial charge in [-0.05, 0) is 20.4 Å². The van der Waals surface area contributed by atoms with Crippen LogP contribution >= 0.6 is 0 Å². The summed E-state index contributed by atoms with van der Waals surface area (Å²) in [6.45, 7) is 8.62. The molecule has 4 nitrogen and oxygen atoms in total. The van der Waals surface area contributed by atoms with Crippen molar-refractivity contribution in [1.82, 2.24) is 15.1 Å². The van der Waals surface area contributed by atoms with Crippen molar-refractivity contribution in [3.63, 3.8) is 0 Å². The van der Waals surface area contributed by atoms with Crippen LogP contribution in [-0.2, 0) is 7.05 Å². The first kappa shape index (κ1) is 11.0. The van der Waals surface area contributed by atoms with E-state index in [9.17, 15) is 0 Å². The van der Waals surface area contributed by atoms with Gasteiger partial charge in [-0.2, -0.15) is 5.10 Å². The summed E-state index contributed by atoms with van der Waals surface area (Å²) in [5.41, 5.74) is 2.04. The first-order chi connectivity index (χ1) is 6.66. The van der Waals surface area contributed by atoms with E-state index in [0.717, 1.165) is 30.2 Å². The average molecular weight is 197 g/mol. The second-order valence-corrected chi connectivity index (χ2v) is 3.33. The molecule has 0 aliphatic heterocycles. The highest BCUT2D eigenvalue weighted by molar-refractivity contribution is 5.31. The highest BCUT2D eigenvalue weighted by Crippen LogP contribution is 2.20. The van der Waals surface area contributed by atoms with Gasteiger partial charge in [0.05, 0.1) is 5.69 Å². The molecule has 1 rings (SSSR count). The summed E-state index contributed by atoms with van der Waals surface area (Å²) in [6, 6.07) is 0. The minimum Gasteiger partial charge on any atom is -0.488 e. The van der Waals surface area contributed by atoms with E-state index in [0.29, 0.717) is 6.61 Å². The molecular weight excluding hydrogens is 178 g/mol. The summed E-state index contributed by atoms with van der Waals surface area (Å²) in [6.07, 6.45) is 0. The molecule has 0 bridgehead atoms. The smallest absolute Gasteiger partial charge is 0.163 e. The molecule has 0 radical (unpaired) electrons. The zero-order chi connectivity index (χ0) is 10.6. The molecular formula is C10H19N3O. The second kappa shape index (κ2) is 5.00. The molecule has 80 valence electrons. The van der Waals surface area contributed by atoms with Gasteiger partial charge in [-0.3, -0.25) is 4.68 Å². The third-order valence-corrected chi connectivity index (χ3v) is 2.22. The fourth-order valence-corrected chi connectivity index (χ4v) is 1.37. The van der Waals surface area contributed by atoms with E-state index in [4.69, 9.17) is 4.74 Å². The average Bonchev–Trinajstić information content (AvgIpc) is 2.38. The first-order valence-corrected chi connectivity index (χ1v) is 5.00. The molecule has 1 aromatic heterocycles. The third kappa shape index (κ3) is 2.48. The van der Waals surface area contributed by atoms with Crippen LogP contribution in [0.3, 0.4) is 0 Å². The maximum absolute atomic E-state index is 5.64. The Kier molecular flexibility index (Phi) is 3.95. The molecule has 1 heterocycles. The number of nitrogens with one attached hydrogen (secondary N) is 1. The Hall–Kier alpha value is -1.03. The van der Waals surface area contributed by atoms with Crippen molar-refractivity contribution in [2.45, 2.75) is 20.8 Å². The molecule has 0 aromatic carbocycles. The van der Waals surface area contributed by atoms with Gasteiger partial charge in [0, 0.05) is 13.6 Å². The molecule has 0 fully saturated rings. The summed E-state index contributed by atoms with van der Waals surface area (Å²) in [5, 5.41) is 7.49. The van der Waals surface area contributed by atoms with Crippen LogP contribution in [0, 0.1) is 13.8 Å². The topological polar surface area (TPSA) is 39.1 Å². The fourth-order valence-electron chi connectivity index (χ4n) is 1.37. The summed E-state index contributed by atoms with van der Waals surface area (Å²) in [4.78, 5) is 0. The molecule has 0 saturated heterocycles. The normalized spacial score (nSPS) is 10.6. The van der Waals surface area contributed by atoms with E-state index in [-0.39, 0.29) is 0 Å². The van der Waals surface area contributed by atoms with Crippen LogP contribution in [0.5, 0.6) is 5.75 Å². The van der Waals surface area contributed by atoms with Gasteiger partial charge >= 0.3 is 0 Å². The molecule has 1 aromatic rings. The maximum atomic E-state index is 5.64. The van der Waals surface area contributed by atoms with E-state index >= 15 is 0 Å². The Morgan fingerprint density at radius 3 is 2.64 bits per heavy atom. The minimum atomic E-state index is 0.696. The van der Waals surface area contributed by atoms with Crippen molar-refractivity contribution in [2.24, 2.45) is 7.05 Å². The maximum Gasteiger partial charge on any atom is 0.163 e. The standard InChI is InChI=1S/C10H19N3O/c1-5-11-6-7-14-10-8(2)12-13(4)9(10)3/h11H,5-7H2,1-4H3. The molecule has 14 heavy (non-hydrogen) atoms. The highest BCUT2D eigenvalue weighted by Gasteiger charge is 2.09. The van der Waals surface area contributed by atoms with Gasteiger partial charge < -0.3 is 10.1 Å². The van der Waals surface area contributed by atoms with Crippen LogP contribution in [0.25, 0.3) is 0 Å². The van der Waals surface area contributed by atoms with Gasteiger partial charge in [-0.15, -0.1) is 0 Å². The van der Waals surface area contributed by atoms with Gasteiger partial charge in [0.1, 0.15) is 12.3 Å². The number of nitrogens with zero attached hydrogens (tertiary/aromatic N) is 2. The second-order valence-electron chi connectivity index (χ2n) is 3.33. The van der Waals surface area contributed by atoms with Crippen LogP contribution in [-0.4, -0.2) is 29.5 Å². The number of aromatic nitrogens is 2. The Morgan fingerprint density at radius 2 is 2.14 bits per heavy atom. The van der Waals surface area contributed by atoms with Crippen LogP contribution in [0.15, 0.2) is 0 Å². The van der Waals surface area contributed by atoms with Crippen LogP contribution in [0.4, 0.5) is 0 Å². The van der Waals surface area contributed by atoms with Crippen molar-refractivity contribution in [2.75, 3.05) is 19.7 Å². The molecule has 0 spiro atoms.